The van der Waals surface area contributed by atoms with E-state index in [1.807, 2.05) is 39.2 Å². The van der Waals surface area contributed by atoms with E-state index in [1.165, 1.54) is 0 Å². The number of oxime groups is 1. The summed E-state index contributed by atoms with van der Waals surface area (Å²) in [6.07, 6.45) is 0. The number of methoxy groups -OCH3 is 1. The summed E-state index contributed by atoms with van der Waals surface area (Å²) in [5.74, 6) is 1.01. The smallest absolute Gasteiger partial charge is 0.156 e. The number of ether oxygens (including phenoxy) is 1. The molecule has 0 saturated heterocycles. The SMILES string of the molecule is COc1cccc(C(CNC(C)C(N)=NO)N(C)C)c1. The Balaban J connectivity index is 2.79. The number of benzene rings is 1. The van der Waals surface area contributed by atoms with Crippen LogP contribution in [0.2, 0.25) is 0 Å². The van der Waals surface area contributed by atoms with Gasteiger partial charge in [-0.1, -0.05) is 17.3 Å². The third-order valence-corrected chi connectivity index (χ3v) is 3.28. The van der Waals surface area contributed by atoms with Gasteiger partial charge in [0.15, 0.2) is 5.84 Å². The highest BCUT2D eigenvalue weighted by Gasteiger charge is 2.16. The maximum Gasteiger partial charge on any atom is 0.156 e. The normalized spacial score (nSPS) is 15.2. The number of hydrogen-bond acceptors (Lipinski definition) is 5. The Labute approximate surface area is 120 Å². The first-order valence-corrected chi connectivity index (χ1v) is 6.50. The first kappa shape index (κ1) is 16.3. The topological polar surface area (TPSA) is 83.1 Å². The highest BCUT2D eigenvalue weighted by molar-refractivity contribution is 5.84. The molecular formula is C14H24N4O2. The van der Waals surface area contributed by atoms with Crippen molar-refractivity contribution >= 4 is 5.84 Å². The predicted octanol–water partition coefficient (Wildman–Crippen LogP) is 1.02. The van der Waals surface area contributed by atoms with Crippen LogP contribution in [0.15, 0.2) is 29.4 Å². The van der Waals surface area contributed by atoms with Crippen LogP contribution in [0.25, 0.3) is 0 Å². The summed E-state index contributed by atoms with van der Waals surface area (Å²) in [7, 11) is 5.68. The van der Waals surface area contributed by atoms with Crippen molar-refractivity contribution < 1.29 is 9.94 Å². The second-order valence-corrected chi connectivity index (χ2v) is 4.91. The fourth-order valence-corrected chi connectivity index (χ4v) is 1.93. The van der Waals surface area contributed by atoms with E-state index in [-0.39, 0.29) is 17.9 Å². The van der Waals surface area contributed by atoms with Crippen LogP contribution in [0.1, 0.15) is 18.5 Å². The van der Waals surface area contributed by atoms with Crippen molar-refractivity contribution in [2.45, 2.75) is 19.0 Å². The second-order valence-electron chi connectivity index (χ2n) is 4.91. The van der Waals surface area contributed by atoms with Gasteiger partial charge in [0, 0.05) is 12.6 Å². The van der Waals surface area contributed by atoms with Crippen molar-refractivity contribution in [2.24, 2.45) is 10.9 Å². The minimum Gasteiger partial charge on any atom is -0.497 e. The molecule has 0 spiro atoms. The zero-order valence-corrected chi connectivity index (χ0v) is 12.5. The van der Waals surface area contributed by atoms with E-state index in [0.717, 1.165) is 11.3 Å². The van der Waals surface area contributed by atoms with Crippen LogP contribution in [0.5, 0.6) is 5.75 Å². The molecule has 0 saturated carbocycles. The maximum absolute atomic E-state index is 8.66. The van der Waals surface area contributed by atoms with E-state index < -0.39 is 0 Å². The van der Waals surface area contributed by atoms with E-state index >= 15 is 0 Å². The summed E-state index contributed by atoms with van der Waals surface area (Å²) in [4.78, 5) is 2.11. The average molecular weight is 280 g/mol. The summed E-state index contributed by atoms with van der Waals surface area (Å²) in [6.45, 7) is 2.53. The molecule has 112 valence electrons. The van der Waals surface area contributed by atoms with Gasteiger partial charge >= 0.3 is 0 Å². The summed E-state index contributed by atoms with van der Waals surface area (Å²) < 4.78 is 5.25. The van der Waals surface area contributed by atoms with E-state index in [9.17, 15) is 0 Å². The first-order chi connectivity index (χ1) is 9.49. The summed E-state index contributed by atoms with van der Waals surface area (Å²) in [5, 5.41) is 14.9. The molecule has 0 aliphatic rings. The summed E-state index contributed by atoms with van der Waals surface area (Å²) >= 11 is 0. The predicted molar refractivity (Wildman–Crippen MR) is 80.3 cm³/mol. The van der Waals surface area contributed by atoms with E-state index in [1.54, 1.807) is 7.11 Å². The number of nitrogens with two attached hydrogens (primary N) is 1. The van der Waals surface area contributed by atoms with E-state index in [4.69, 9.17) is 15.7 Å². The van der Waals surface area contributed by atoms with Gasteiger partial charge < -0.3 is 25.9 Å². The number of amidine groups is 1. The molecule has 6 nitrogen and oxygen atoms in total. The Kier molecular flexibility index (Phi) is 6.27. The van der Waals surface area contributed by atoms with E-state index in [0.29, 0.717) is 6.54 Å². The number of likely N-dealkylation sites (N-methyl/N-ethyl adjacent to an activating group) is 1. The number of rotatable bonds is 7. The average Bonchev–Trinajstić information content (AvgIpc) is 2.46. The molecule has 2 unspecified atom stereocenters. The Hall–Kier alpha value is -1.79. The lowest BCUT2D eigenvalue weighted by molar-refractivity contribution is 0.283. The monoisotopic (exact) mass is 280 g/mol. The van der Waals surface area contributed by atoms with Gasteiger partial charge in [0.1, 0.15) is 5.75 Å². The number of nitrogens with one attached hydrogen (secondary N) is 1. The third kappa shape index (κ3) is 4.40. The Morgan fingerprint density at radius 1 is 1.50 bits per heavy atom. The van der Waals surface area contributed by atoms with Crippen molar-refractivity contribution in [1.82, 2.24) is 10.2 Å². The van der Waals surface area contributed by atoms with Gasteiger partial charge in [-0.15, -0.1) is 0 Å². The van der Waals surface area contributed by atoms with Crippen LogP contribution in [0, 0.1) is 0 Å². The van der Waals surface area contributed by atoms with Crippen molar-refractivity contribution in [3.63, 3.8) is 0 Å². The lowest BCUT2D eigenvalue weighted by Crippen LogP contribution is -2.42. The van der Waals surface area contributed by atoms with Gasteiger partial charge in [-0.2, -0.15) is 0 Å². The Bertz CT molecular complexity index is 449. The van der Waals surface area contributed by atoms with Crippen LogP contribution in [-0.2, 0) is 0 Å². The van der Waals surface area contributed by atoms with Crippen molar-refractivity contribution in [2.75, 3.05) is 27.7 Å². The van der Waals surface area contributed by atoms with Gasteiger partial charge in [0.05, 0.1) is 13.2 Å². The quantitative estimate of drug-likeness (QED) is 0.301. The van der Waals surface area contributed by atoms with Gasteiger partial charge in [-0.05, 0) is 38.7 Å². The molecule has 0 bridgehead atoms. The molecule has 0 amide bonds. The fourth-order valence-electron chi connectivity index (χ4n) is 1.93. The molecule has 0 aliphatic heterocycles. The van der Waals surface area contributed by atoms with Gasteiger partial charge in [-0.25, -0.2) is 0 Å². The molecule has 1 aromatic rings. The molecule has 0 aromatic heterocycles. The first-order valence-electron chi connectivity index (χ1n) is 6.50. The molecule has 0 aliphatic carbocycles. The molecule has 1 rings (SSSR count). The van der Waals surface area contributed by atoms with Crippen LogP contribution >= 0.6 is 0 Å². The lowest BCUT2D eigenvalue weighted by Gasteiger charge is -2.27. The maximum atomic E-state index is 8.66. The van der Waals surface area contributed by atoms with Crippen LogP contribution < -0.4 is 15.8 Å². The van der Waals surface area contributed by atoms with Gasteiger partial charge in [-0.3, -0.25) is 0 Å². The minimum absolute atomic E-state index is 0.166. The summed E-state index contributed by atoms with van der Waals surface area (Å²) in [6, 6.07) is 7.94. The van der Waals surface area contributed by atoms with Gasteiger partial charge in [0.25, 0.3) is 0 Å². The Morgan fingerprint density at radius 3 is 2.75 bits per heavy atom. The van der Waals surface area contributed by atoms with Gasteiger partial charge in [0.2, 0.25) is 0 Å². The highest BCUT2D eigenvalue weighted by atomic mass is 16.5. The highest BCUT2D eigenvalue weighted by Crippen LogP contribution is 2.22. The fraction of sp³-hybridized carbons (Fsp3) is 0.500. The third-order valence-electron chi connectivity index (χ3n) is 3.28. The molecular weight excluding hydrogens is 256 g/mol. The summed E-state index contributed by atoms with van der Waals surface area (Å²) in [5.41, 5.74) is 6.71. The zero-order valence-electron chi connectivity index (χ0n) is 12.5. The zero-order chi connectivity index (χ0) is 15.1. The van der Waals surface area contributed by atoms with Crippen molar-refractivity contribution in [1.29, 1.82) is 0 Å². The molecule has 0 heterocycles. The second kappa shape index (κ2) is 7.72. The van der Waals surface area contributed by atoms with Crippen LogP contribution in [-0.4, -0.2) is 49.7 Å². The van der Waals surface area contributed by atoms with Crippen LogP contribution in [0.4, 0.5) is 0 Å². The molecule has 6 heteroatoms. The minimum atomic E-state index is -0.187. The standard InChI is InChI=1S/C14H24N4O2/c1-10(14(15)17-19)16-9-13(18(2)3)11-6-5-7-12(8-11)20-4/h5-8,10,13,16,19H,9H2,1-4H3,(H2,15,17). The largest absolute Gasteiger partial charge is 0.497 e. The molecule has 4 N–H and O–H groups in total. The van der Waals surface area contributed by atoms with E-state index in [2.05, 4.69) is 21.4 Å². The molecule has 0 radical (unpaired) electrons. The molecule has 1 aromatic carbocycles. The molecule has 2 atom stereocenters. The number of nitrogens with zero attached hydrogens (tertiary/aromatic N) is 2. The van der Waals surface area contributed by atoms with Crippen molar-refractivity contribution in [3.05, 3.63) is 29.8 Å². The van der Waals surface area contributed by atoms with Crippen molar-refractivity contribution in [3.8, 4) is 5.75 Å². The molecule has 0 fully saturated rings. The Morgan fingerprint density at radius 2 is 2.20 bits per heavy atom. The lowest BCUT2D eigenvalue weighted by atomic mass is 10.1. The van der Waals surface area contributed by atoms with Crippen LogP contribution in [0.3, 0.4) is 0 Å². The molecule has 20 heavy (non-hydrogen) atoms. The number of hydrogen-bond donors (Lipinski definition) is 3.